The lowest BCUT2D eigenvalue weighted by Crippen LogP contribution is -2.28. The van der Waals surface area contributed by atoms with Crippen molar-refractivity contribution < 1.29 is 19.7 Å². The molecule has 0 heterocycles. The SMILES string of the molecule is CCOc1cc(C2(c3ccc(O)c(OCC)c3)c3ccccc3-c3ccccc32)ccc1O. The van der Waals surface area contributed by atoms with Gasteiger partial charge in [-0.1, -0.05) is 60.7 Å². The Balaban J connectivity index is 1.90. The number of aromatic hydroxyl groups is 2. The van der Waals surface area contributed by atoms with E-state index >= 15 is 0 Å². The number of phenolic OH excluding ortho intramolecular Hbond substituents is 2. The Labute approximate surface area is 193 Å². The normalized spacial score (nSPS) is 13.3. The highest BCUT2D eigenvalue weighted by molar-refractivity contribution is 5.86. The van der Waals surface area contributed by atoms with Crippen molar-refractivity contribution in [2.45, 2.75) is 19.3 Å². The molecule has 4 nitrogen and oxygen atoms in total. The lowest BCUT2D eigenvalue weighted by molar-refractivity contribution is 0.316. The number of rotatable bonds is 6. The van der Waals surface area contributed by atoms with Crippen LogP contribution >= 0.6 is 0 Å². The molecule has 166 valence electrons. The van der Waals surface area contributed by atoms with E-state index in [1.807, 2.05) is 50.2 Å². The van der Waals surface area contributed by atoms with Gasteiger partial charge in [0.25, 0.3) is 0 Å². The molecule has 4 heteroatoms. The Hall–Kier alpha value is -3.92. The quantitative estimate of drug-likeness (QED) is 0.329. The molecule has 0 amide bonds. The molecule has 0 radical (unpaired) electrons. The molecule has 0 aliphatic heterocycles. The van der Waals surface area contributed by atoms with Crippen LogP contribution in [0.3, 0.4) is 0 Å². The predicted octanol–water partition coefficient (Wildman–Crippen LogP) is 6.26. The van der Waals surface area contributed by atoms with Gasteiger partial charge in [-0.2, -0.15) is 0 Å². The smallest absolute Gasteiger partial charge is 0.161 e. The highest BCUT2D eigenvalue weighted by atomic mass is 16.5. The zero-order valence-electron chi connectivity index (χ0n) is 18.7. The van der Waals surface area contributed by atoms with Gasteiger partial charge in [0.1, 0.15) is 0 Å². The molecule has 4 aromatic rings. The van der Waals surface area contributed by atoms with Crippen LogP contribution in [0.4, 0.5) is 0 Å². The third kappa shape index (κ3) is 3.13. The second-order valence-electron chi connectivity index (χ2n) is 8.07. The Bertz CT molecular complexity index is 1220. The predicted molar refractivity (Wildman–Crippen MR) is 129 cm³/mol. The molecule has 0 spiro atoms. The van der Waals surface area contributed by atoms with Crippen molar-refractivity contribution in [3.8, 4) is 34.1 Å². The first kappa shape index (κ1) is 21.0. The minimum atomic E-state index is -0.674. The van der Waals surface area contributed by atoms with Crippen LogP contribution in [0.5, 0.6) is 23.0 Å². The highest BCUT2D eigenvalue weighted by Crippen LogP contribution is 2.57. The number of benzene rings is 4. The maximum Gasteiger partial charge on any atom is 0.161 e. The molecular formula is C29H26O4. The topological polar surface area (TPSA) is 58.9 Å². The maximum absolute atomic E-state index is 10.4. The average molecular weight is 439 g/mol. The molecule has 2 N–H and O–H groups in total. The number of phenols is 2. The average Bonchev–Trinajstić information content (AvgIpc) is 3.14. The summed E-state index contributed by atoms with van der Waals surface area (Å²) in [7, 11) is 0. The second-order valence-corrected chi connectivity index (χ2v) is 8.07. The van der Waals surface area contributed by atoms with Gasteiger partial charge in [-0.05, 0) is 71.5 Å². The van der Waals surface area contributed by atoms with E-state index in [1.54, 1.807) is 12.1 Å². The van der Waals surface area contributed by atoms with Crippen molar-refractivity contribution in [3.05, 3.63) is 107 Å². The molecule has 0 atom stereocenters. The van der Waals surface area contributed by atoms with E-state index in [-0.39, 0.29) is 11.5 Å². The third-order valence-electron chi connectivity index (χ3n) is 6.34. The first-order valence-electron chi connectivity index (χ1n) is 11.2. The molecular weight excluding hydrogens is 412 g/mol. The molecule has 5 rings (SSSR count). The van der Waals surface area contributed by atoms with Crippen molar-refractivity contribution in [2.24, 2.45) is 0 Å². The molecule has 0 saturated heterocycles. The zero-order valence-corrected chi connectivity index (χ0v) is 18.7. The fourth-order valence-corrected chi connectivity index (χ4v) is 5.06. The van der Waals surface area contributed by atoms with Crippen LogP contribution in [-0.2, 0) is 5.41 Å². The van der Waals surface area contributed by atoms with Crippen LogP contribution in [0.15, 0.2) is 84.9 Å². The van der Waals surface area contributed by atoms with Crippen LogP contribution in [0.25, 0.3) is 11.1 Å². The van der Waals surface area contributed by atoms with E-state index in [1.165, 1.54) is 0 Å². The van der Waals surface area contributed by atoms with Crippen LogP contribution < -0.4 is 9.47 Å². The molecule has 4 aromatic carbocycles. The van der Waals surface area contributed by atoms with Crippen LogP contribution in [0.2, 0.25) is 0 Å². The minimum Gasteiger partial charge on any atom is -0.504 e. The van der Waals surface area contributed by atoms with E-state index in [2.05, 4.69) is 36.4 Å². The first-order valence-corrected chi connectivity index (χ1v) is 11.2. The first-order chi connectivity index (χ1) is 16.1. The van der Waals surface area contributed by atoms with E-state index < -0.39 is 5.41 Å². The van der Waals surface area contributed by atoms with Crippen molar-refractivity contribution in [3.63, 3.8) is 0 Å². The molecule has 33 heavy (non-hydrogen) atoms. The van der Waals surface area contributed by atoms with E-state index in [0.717, 1.165) is 33.4 Å². The summed E-state index contributed by atoms with van der Waals surface area (Å²) >= 11 is 0. The fraction of sp³-hybridized carbons (Fsp3) is 0.172. The van der Waals surface area contributed by atoms with Gasteiger partial charge >= 0.3 is 0 Å². The van der Waals surface area contributed by atoms with Gasteiger partial charge in [-0.25, -0.2) is 0 Å². The van der Waals surface area contributed by atoms with Gasteiger partial charge in [0, 0.05) is 0 Å². The Morgan fingerprint density at radius 3 is 1.45 bits per heavy atom. The van der Waals surface area contributed by atoms with Gasteiger partial charge in [0.15, 0.2) is 23.0 Å². The summed E-state index contributed by atoms with van der Waals surface area (Å²) < 4.78 is 11.5. The summed E-state index contributed by atoms with van der Waals surface area (Å²) in [5, 5.41) is 20.9. The van der Waals surface area contributed by atoms with Crippen molar-refractivity contribution >= 4 is 0 Å². The maximum atomic E-state index is 10.4. The monoisotopic (exact) mass is 438 g/mol. The van der Waals surface area contributed by atoms with E-state index in [0.29, 0.717) is 24.7 Å². The van der Waals surface area contributed by atoms with E-state index in [9.17, 15) is 10.2 Å². The van der Waals surface area contributed by atoms with Crippen LogP contribution in [0, 0.1) is 0 Å². The fourth-order valence-electron chi connectivity index (χ4n) is 5.06. The molecule has 0 unspecified atom stereocenters. The van der Waals surface area contributed by atoms with E-state index in [4.69, 9.17) is 9.47 Å². The lowest BCUT2D eigenvalue weighted by atomic mass is 9.67. The highest BCUT2D eigenvalue weighted by Gasteiger charge is 2.46. The standard InChI is InChI=1S/C29H26O4/c1-3-32-27-17-19(13-15-25(27)30)29(20-14-16-26(31)28(18-20)33-4-2)23-11-7-5-9-21(23)22-10-6-8-12-24(22)29/h5-18,30-31H,3-4H2,1-2H3. The summed E-state index contributed by atoms with van der Waals surface area (Å²) in [5.74, 6) is 1.10. The molecule has 0 bridgehead atoms. The van der Waals surface area contributed by atoms with Crippen molar-refractivity contribution in [2.75, 3.05) is 13.2 Å². The van der Waals surface area contributed by atoms with Gasteiger partial charge in [-0.3, -0.25) is 0 Å². The molecule has 0 saturated carbocycles. The Kier molecular flexibility index (Phi) is 5.21. The molecule has 0 fully saturated rings. The largest absolute Gasteiger partial charge is 0.504 e. The zero-order chi connectivity index (χ0) is 23.0. The number of hydrogen-bond donors (Lipinski definition) is 2. The summed E-state index contributed by atoms with van der Waals surface area (Å²) in [5.41, 5.74) is 5.84. The summed E-state index contributed by atoms with van der Waals surface area (Å²) in [6, 6.07) is 27.9. The minimum absolute atomic E-state index is 0.107. The second kappa shape index (κ2) is 8.21. The molecule has 0 aromatic heterocycles. The number of fused-ring (bicyclic) bond motifs is 3. The van der Waals surface area contributed by atoms with Gasteiger partial charge in [0.05, 0.1) is 18.6 Å². The third-order valence-corrected chi connectivity index (χ3v) is 6.34. The lowest BCUT2D eigenvalue weighted by Gasteiger charge is -2.34. The molecule has 1 aliphatic rings. The number of hydrogen-bond acceptors (Lipinski definition) is 4. The number of ether oxygens (including phenoxy) is 2. The van der Waals surface area contributed by atoms with Gasteiger partial charge < -0.3 is 19.7 Å². The summed E-state index contributed by atoms with van der Waals surface area (Å²) in [4.78, 5) is 0. The summed E-state index contributed by atoms with van der Waals surface area (Å²) in [6.45, 7) is 4.70. The van der Waals surface area contributed by atoms with Gasteiger partial charge in [0.2, 0.25) is 0 Å². The van der Waals surface area contributed by atoms with Crippen LogP contribution in [-0.4, -0.2) is 23.4 Å². The summed E-state index contributed by atoms with van der Waals surface area (Å²) in [6.07, 6.45) is 0. The molecule has 1 aliphatic carbocycles. The van der Waals surface area contributed by atoms with Gasteiger partial charge in [-0.15, -0.1) is 0 Å². The van der Waals surface area contributed by atoms with Crippen LogP contribution in [0.1, 0.15) is 36.1 Å². The van der Waals surface area contributed by atoms with Crippen molar-refractivity contribution in [1.29, 1.82) is 0 Å². The Morgan fingerprint density at radius 2 is 1.03 bits per heavy atom. The Morgan fingerprint density at radius 1 is 0.606 bits per heavy atom. The van der Waals surface area contributed by atoms with Crippen molar-refractivity contribution in [1.82, 2.24) is 0 Å².